The maximum atomic E-state index is 12.2. The predicted octanol–water partition coefficient (Wildman–Crippen LogP) is 3.31. The average Bonchev–Trinajstić information content (AvgIpc) is 3.06. The van der Waals surface area contributed by atoms with Gasteiger partial charge in [-0.15, -0.1) is 24.8 Å². The number of carbonyl (C=O) groups is 2. The van der Waals surface area contributed by atoms with Crippen molar-refractivity contribution in [1.29, 1.82) is 0 Å². The van der Waals surface area contributed by atoms with Crippen LogP contribution in [0.5, 0.6) is 0 Å². The van der Waals surface area contributed by atoms with Gasteiger partial charge in [0.2, 0.25) is 5.91 Å². The van der Waals surface area contributed by atoms with Gasteiger partial charge in [-0.25, -0.2) is 0 Å². The summed E-state index contributed by atoms with van der Waals surface area (Å²) in [5, 5.41) is 5.72. The largest absolute Gasteiger partial charge is 0.352 e. The number of nitrogens with zero attached hydrogens (tertiary/aromatic N) is 1. The lowest BCUT2D eigenvalue weighted by atomic mass is 10.00. The maximum Gasteiger partial charge on any atom is 0.255 e. The number of pyridine rings is 1. The Morgan fingerprint density at radius 3 is 2.46 bits per heavy atom. The maximum absolute atomic E-state index is 12.2. The number of aromatic nitrogens is 1. The molecule has 1 saturated carbocycles. The molecule has 1 aromatic heterocycles. The highest BCUT2D eigenvalue weighted by atomic mass is 35.5. The summed E-state index contributed by atoms with van der Waals surface area (Å²) in [5.41, 5.74) is 8.17. The SMILES string of the molecule is Cl.Cl.N[C@@H]1CCC[C@H]1CC(=O)NCc1ccc(C(=O)Nc2cccnc2)cc1. The van der Waals surface area contributed by atoms with Crippen molar-refractivity contribution in [2.24, 2.45) is 11.7 Å². The van der Waals surface area contributed by atoms with Crippen LogP contribution in [0, 0.1) is 5.92 Å². The first kappa shape index (κ1) is 23.9. The van der Waals surface area contributed by atoms with E-state index in [1.165, 1.54) is 0 Å². The summed E-state index contributed by atoms with van der Waals surface area (Å²) in [7, 11) is 0. The van der Waals surface area contributed by atoms with Crippen LogP contribution in [0.15, 0.2) is 48.8 Å². The topological polar surface area (TPSA) is 97.1 Å². The van der Waals surface area contributed by atoms with Gasteiger partial charge in [-0.05, 0) is 48.6 Å². The predicted molar refractivity (Wildman–Crippen MR) is 115 cm³/mol. The van der Waals surface area contributed by atoms with Crippen molar-refractivity contribution < 1.29 is 9.59 Å². The summed E-state index contributed by atoms with van der Waals surface area (Å²) < 4.78 is 0. The smallest absolute Gasteiger partial charge is 0.255 e. The molecule has 6 nitrogen and oxygen atoms in total. The molecule has 0 bridgehead atoms. The number of nitrogens with two attached hydrogens (primary N) is 1. The van der Waals surface area contributed by atoms with E-state index in [0.717, 1.165) is 24.8 Å². The van der Waals surface area contributed by atoms with Crippen LogP contribution >= 0.6 is 24.8 Å². The molecule has 1 aliphatic carbocycles. The highest BCUT2D eigenvalue weighted by Gasteiger charge is 2.25. The van der Waals surface area contributed by atoms with Gasteiger partial charge in [-0.2, -0.15) is 0 Å². The summed E-state index contributed by atoms with van der Waals surface area (Å²) in [6.45, 7) is 0.450. The number of hydrogen-bond donors (Lipinski definition) is 3. The van der Waals surface area contributed by atoms with E-state index >= 15 is 0 Å². The van der Waals surface area contributed by atoms with Crippen LogP contribution in [0.2, 0.25) is 0 Å². The Bertz CT molecular complexity index is 757. The van der Waals surface area contributed by atoms with E-state index in [4.69, 9.17) is 5.73 Å². The Morgan fingerprint density at radius 2 is 1.86 bits per heavy atom. The van der Waals surface area contributed by atoms with E-state index < -0.39 is 0 Å². The van der Waals surface area contributed by atoms with Gasteiger partial charge in [0, 0.05) is 30.8 Å². The highest BCUT2D eigenvalue weighted by Crippen LogP contribution is 2.26. The normalized spacial score (nSPS) is 17.8. The minimum atomic E-state index is -0.191. The third-order valence-corrected chi connectivity index (χ3v) is 4.79. The lowest BCUT2D eigenvalue weighted by Crippen LogP contribution is -2.31. The van der Waals surface area contributed by atoms with Gasteiger partial charge in [0.05, 0.1) is 11.9 Å². The molecule has 2 aromatic rings. The highest BCUT2D eigenvalue weighted by molar-refractivity contribution is 6.04. The number of hydrogen-bond acceptors (Lipinski definition) is 4. The summed E-state index contributed by atoms with van der Waals surface area (Å²) in [6, 6.07) is 10.9. The van der Waals surface area contributed by atoms with Crippen LogP contribution < -0.4 is 16.4 Å². The zero-order valence-corrected chi connectivity index (χ0v) is 17.1. The van der Waals surface area contributed by atoms with Crippen molar-refractivity contribution in [1.82, 2.24) is 10.3 Å². The molecule has 0 spiro atoms. The van der Waals surface area contributed by atoms with E-state index in [0.29, 0.717) is 30.1 Å². The number of benzene rings is 1. The Morgan fingerprint density at radius 1 is 1.11 bits per heavy atom. The van der Waals surface area contributed by atoms with Gasteiger partial charge in [0.25, 0.3) is 5.91 Å². The molecule has 1 aromatic carbocycles. The van der Waals surface area contributed by atoms with Gasteiger partial charge in [0.15, 0.2) is 0 Å². The van der Waals surface area contributed by atoms with Crippen LogP contribution in [0.4, 0.5) is 5.69 Å². The third-order valence-electron chi connectivity index (χ3n) is 4.79. The van der Waals surface area contributed by atoms with E-state index in [9.17, 15) is 9.59 Å². The molecule has 0 unspecified atom stereocenters. The van der Waals surface area contributed by atoms with Crippen molar-refractivity contribution in [3.05, 3.63) is 59.9 Å². The number of rotatable bonds is 6. The van der Waals surface area contributed by atoms with Crippen molar-refractivity contribution >= 4 is 42.3 Å². The van der Waals surface area contributed by atoms with E-state index in [1.807, 2.05) is 12.1 Å². The second kappa shape index (κ2) is 11.6. The van der Waals surface area contributed by atoms with Gasteiger partial charge < -0.3 is 16.4 Å². The van der Waals surface area contributed by atoms with Crippen LogP contribution in [0.1, 0.15) is 41.6 Å². The molecular weight excluding hydrogens is 399 g/mol. The first-order valence-electron chi connectivity index (χ1n) is 8.94. The summed E-state index contributed by atoms with van der Waals surface area (Å²) in [6.07, 6.45) is 6.90. The molecule has 2 amide bonds. The van der Waals surface area contributed by atoms with Gasteiger partial charge in [-0.3, -0.25) is 14.6 Å². The lowest BCUT2D eigenvalue weighted by molar-refractivity contribution is -0.122. The molecule has 8 heteroatoms. The first-order valence-corrected chi connectivity index (χ1v) is 8.94. The van der Waals surface area contributed by atoms with Crippen LogP contribution in [-0.4, -0.2) is 22.8 Å². The Labute approximate surface area is 177 Å². The third kappa shape index (κ3) is 6.78. The number of halogens is 2. The minimum absolute atomic E-state index is 0. The van der Waals surface area contributed by atoms with Gasteiger partial charge in [-0.1, -0.05) is 18.6 Å². The van der Waals surface area contributed by atoms with Crippen LogP contribution in [0.3, 0.4) is 0 Å². The molecule has 1 fully saturated rings. The van der Waals surface area contributed by atoms with Crippen LogP contribution in [-0.2, 0) is 11.3 Å². The van der Waals surface area contributed by atoms with Crippen molar-refractivity contribution in [3.63, 3.8) is 0 Å². The van der Waals surface area contributed by atoms with Crippen molar-refractivity contribution in [3.8, 4) is 0 Å². The quantitative estimate of drug-likeness (QED) is 0.662. The Balaban J connectivity index is 0.00000196. The van der Waals surface area contributed by atoms with E-state index in [2.05, 4.69) is 15.6 Å². The second-order valence-electron chi connectivity index (χ2n) is 6.73. The Hall–Kier alpha value is -2.15. The molecule has 1 heterocycles. The molecule has 3 rings (SSSR count). The zero-order valence-electron chi connectivity index (χ0n) is 15.5. The zero-order chi connectivity index (χ0) is 18.4. The fourth-order valence-corrected chi connectivity index (χ4v) is 3.24. The van der Waals surface area contributed by atoms with E-state index in [1.54, 1.807) is 36.7 Å². The van der Waals surface area contributed by atoms with Crippen molar-refractivity contribution in [2.45, 2.75) is 38.3 Å². The molecule has 1 aliphatic rings. The molecule has 0 radical (unpaired) electrons. The first-order chi connectivity index (χ1) is 12.6. The fraction of sp³-hybridized carbons (Fsp3) is 0.350. The van der Waals surface area contributed by atoms with Gasteiger partial charge >= 0.3 is 0 Å². The molecule has 0 saturated heterocycles. The number of amides is 2. The summed E-state index contributed by atoms with van der Waals surface area (Å²) in [4.78, 5) is 28.2. The number of carbonyl (C=O) groups excluding carboxylic acids is 2. The average molecular weight is 425 g/mol. The van der Waals surface area contributed by atoms with Crippen LogP contribution in [0.25, 0.3) is 0 Å². The lowest BCUT2D eigenvalue weighted by Gasteiger charge is -2.14. The van der Waals surface area contributed by atoms with E-state index in [-0.39, 0.29) is 42.7 Å². The van der Waals surface area contributed by atoms with Crippen molar-refractivity contribution in [2.75, 3.05) is 5.32 Å². The summed E-state index contributed by atoms with van der Waals surface area (Å²) >= 11 is 0. The monoisotopic (exact) mass is 424 g/mol. The number of nitrogens with one attached hydrogen (secondary N) is 2. The number of anilines is 1. The molecule has 152 valence electrons. The molecule has 28 heavy (non-hydrogen) atoms. The minimum Gasteiger partial charge on any atom is -0.352 e. The van der Waals surface area contributed by atoms with Gasteiger partial charge in [0.1, 0.15) is 0 Å². The molecular formula is C20H26Cl2N4O2. The second-order valence-corrected chi connectivity index (χ2v) is 6.73. The standard InChI is InChI=1S/C20H24N4O2.2ClH/c21-18-5-1-3-16(18)11-19(25)23-12-14-6-8-15(9-7-14)20(26)24-17-4-2-10-22-13-17;;/h2,4,6-10,13,16,18H,1,3,5,11-12,21H2,(H,23,25)(H,24,26);2*1H/t16-,18+;;/m0../s1. The molecule has 2 atom stereocenters. The Kier molecular flexibility index (Phi) is 9.93. The molecule has 0 aliphatic heterocycles. The summed E-state index contributed by atoms with van der Waals surface area (Å²) in [5.74, 6) is 0.142. The fourth-order valence-electron chi connectivity index (χ4n) is 3.24. The molecule has 4 N–H and O–H groups in total.